The fourth-order valence-corrected chi connectivity index (χ4v) is 6.52. The average Bonchev–Trinajstić information content (AvgIpc) is 2.63. The van der Waals surface area contributed by atoms with Gasteiger partial charge in [-0.1, -0.05) is 74.8 Å². The number of carbonyl (C=O) groups is 1. The van der Waals surface area contributed by atoms with Crippen molar-refractivity contribution < 1.29 is 4.79 Å². The van der Waals surface area contributed by atoms with Gasteiger partial charge >= 0.3 is 0 Å². The van der Waals surface area contributed by atoms with Crippen molar-refractivity contribution in [2.24, 2.45) is 40.4 Å². The van der Waals surface area contributed by atoms with E-state index in [4.69, 9.17) is 0 Å². The Morgan fingerprint density at radius 3 is 2.11 bits per heavy atom. The highest BCUT2D eigenvalue weighted by Crippen LogP contribution is 2.61. The smallest absolute Gasteiger partial charge is 0.159 e. The van der Waals surface area contributed by atoms with E-state index in [0.29, 0.717) is 29.0 Å². The summed E-state index contributed by atoms with van der Waals surface area (Å²) in [5, 5.41) is 0. The number of rotatable bonds is 2. The molecule has 0 bridgehead atoms. The first kappa shape index (κ1) is 24.4. The van der Waals surface area contributed by atoms with Crippen LogP contribution in [0.2, 0.25) is 0 Å². The molecule has 0 radical (unpaired) electrons. The Balaban J connectivity index is 0.000000855. The first-order chi connectivity index (χ1) is 12.7. The van der Waals surface area contributed by atoms with Crippen LogP contribution in [0.25, 0.3) is 0 Å². The van der Waals surface area contributed by atoms with Gasteiger partial charge in [-0.2, -0.15) is 0 Å². The second-order valence-corrected chi connectivity index (χ2v) is 10.0. The van der Waals surface area contributed by atoms with Gasteiger partial charge in [-0.05, 0) is 79.1 Å². The van der Waals surface area contributed by atoms with Crippen LogP contribution in [0.1, 0.15) is 108 Å². The molecule has 2 saturated carbocycles. The molecule has 0 saturated heterocycles. The Bertz CT molecular complexity index is 512. The maximum absolute atomic E-state index is 13.2. The van der Waals surface area contributed by atoms with Gasteiger partial charge in [0.1, 0.15) is 0 Å². The minimum Gasteiger partial charge on any atom is -0.295 e. The van der Waals surface area contributed by atoms with Crippen molar-refractivity contribution in [1.29, 1.82) is 0 Å². The molecule has 3 aliphatic carbocycles. The molecular weight excluding hydrogens is 328 g/mol. The predicted octanol–water partition coefficient (Wildman–Crippen LogP) is 8.09. The third kappa shape index (κ3) is 4.70. The zero-order valence-electron chi connectivity index (χ0n) is 20.1. The molecule has 158 valence electrons. The molecule has 5 unspecified atom stereocenters. The molecule has 5 atom stereocenters. The van der Waals surface area contributed by atoms with E-state index in [1.807, 2.05) is 27.7 Å². The molecule has 2 fully saturated rings. The Hall–Kier alpha value is -0.590. The van der Waals surface area contributed by atoms with Crippen LogP contribution in [0.15, 0.2) is 11.6 Å². The fourth-order valence-electron chi connectivity index (χ4n) is 6.52. The standard InChI is InChI=1S/C22H36O.2C2H6/c1-7-18-16(14(2)3)12-19(23)20-17-13-21(4,5)10-8-15(17)9-11-22(18,20)6;2*1-2/h12,14-15,17-18,20H,7-11,13H2,1-6H3;2*1-2H3. The zero-order chi connectivity index (χ0) is 21.0. The number of carbonyl (C=O) groups excluding carboxylic acids is 1. The Labute approximate surface area is 170 Å². The van der Waals surface area contributed by atoms with E-state index >= 15 is 0 Å². The Morgan fingerprint density at radius 2 is 1.59 bits per heavy atom. The monoisotopic (exact) mass is 376 g/mol. The number of hydrogen-bond acceptors (Lipinski definition) is 1. The number of ketones is 1. The highest BCUT2D eigenvalue weighted by molar-refractivity contribution is 5.94. The third-order valence-electron chi connectivity index (χ3n) is 7.67. The Morgan fingerprint density at radius 1 is 1.04 bits per heavy atom. The van der Waals surface area contributed by atoms with Gasteiger partial charge in [0.2, 0.25) is 0 Å². The van der Waals surface area contributed by atoms with Crippen molar-refractivity contribution in [3.05, 3.63) is 11.6 Å². The molecule has 1 heteroatoms. The lowest BCUT2D eigenvalue weighted by atomic mass is 9.45. The SMILES string of the molecule is CC.CC.CCC1C(C(C)C)=CC(=O)C2C3CC(C)(C)CCC3CCC12C. The van der Waals surface area contributed by atoms with Crippen LogP contribution >= 0.6 is 0 Å². The summed E-state index contributed by atoms with van der Waals surface area (Å²) in [4.78, 5) is 13.2. The molecule has 27 heavy (non-hydrogen) atoms. The van der Waals surface area contributed by atoms with Crippen molar-refractivity contribution in [3.8, 4) is 0 Å². The van der Waals surface area contributed by atoms with Gasteiger partial charge in [0.25, 0.3) is 0 Å². The maximum atomic E-state index is 13.2. The Kier molecular flexibility index (Phi) is 8.83. The van der Waals surface area contributed by atoms with Gasteiger partial charge in [-0.3, -0.25) is 4.79 Å². The van der Waals surface area contributed by atoms with E-state index in [-0.39, 0.29) is 11.3 Å². The largest absolute Gasteiger partial charge is 0.295 e. The van der Waals surface area contributed by atoms with Crippen molar-refractivity contribution >= 4 is 5.78 Å². The molecule has 0 aromatic rings. The number of hydrogen-bond donors (Lipinski definition) is 0. The summed E-state index contributed by atoms with van der Waals surface area (Å²) >= 11 is 0. The predicted molar refractivity (Wildman–Crippen MR) is 120 cm³/mol. The van der Waals surface area contributed by atoms with Crippen LogP contribution in [-0.4, -0.2) is 5.78 Å². The first-order valence-corrected chi connectivity index (χ1v) is 11.9. The van der Waals surface area contributed by atoms with Crippen LogP contribution in [0.3, 0.4) is 0 Å². The lowest BCUT2D eigenvalue weighted by Gasteiger charge is -2.58. The van der Waals surface area contributed by atoms with E-state index in [2.05, 4.69) is 47.6 Å². The van der Waals surface area contributed by atoms with Gasteiger partial charge in [-0.25, -0.2) is 0 Å². The molecule has 0 aliphatic heterocycles. The average molecular weight is 377 g/mol. The van der Waals surface area contributed by atoms with Crippen LogP contribution in [0, 0.1) is 40.4 Å². The summed E-state index contributed by atoms with van der Waals surface area (Å²) in [7, 11) is 0. The highest BCUT2D eigenvalue weighted by atomic mass is 16.1. The van der Waals surface area contributed by atoms with Crippen LogP contribution in [0.4, 0.5) is 0 Å². The van der Waals surface area contributed by atoms with Crippen molar-refractivity contribution in [2.75, 3.05) is 0 Å². The summed E-state index contributed by atoms with van der Waals surface area (Å²) < 4.78 is 0. The molecule has 1 nitrogen and oxygen atoms in total. The van der Waals surface area contributed by atoms with Crippen LogP contribution < -0.4 is 0 Å². The molecule has 0 N–H and O–H groups in total. The second-order valence-electron chi connectivity index (χ2n) is 10.0. The summed E-state index contributed by atoms with van der Waals surface area (Å²) in [5.41, 5.74) is 2.06. The molecule has 0 amide bonds. The van der Waals surface area contributed by atoms with Crippen LogP contribution in [0.5, 0.6) is 0 Å². The molecule has 3 aliphatic rings. The lowest BCUT2D eigenvalue weighted by Crippen LogP contribution is -2.54. The molecular formula is C26H48O. The van der Waals surface area contributed by atoms with Gasteiger partial charge in [-0.15, -0.1) is 0 Å². The number of allylic oxidation sites excluding steroid dienone is 2. The van der Waals surface area contributed by atoms with E-state index in [1.54, 1.807) is 0 Å². The molecule has 0 spiro atoms. The van der Waals surface area contributed by atoms with Crippen molar-refractivity contribution in [2.45, 2.75) is 108 Å². The lowest BCUT2D eigenvalue weighted by molar-refractivity contribution is -0.138. The van der Waals surface area contributed by atoms with Gasteiger partial charge < -0.3 is 0 Å². The second kappa shape index (κ2) is 9.75. The first-order valence-electron chi connectivity index (χ1n) is 11.9. The van der Waals surface area contributed by atoms with Gasteiger partial charge in [0.15, 0.2) is 5.78 Å². The molecule has 0 heterocycles. The number of fused-ring (bicyclic) bond motifs is 3. The van der Waals surface area contributed by atoms with E-state index in [9.17, 15) is 4.79 Å². The van der Waals surface area contributed by atoms with Gasteiger partial charge in [0, 0.05) is 5.92 Å². The van der Waals surface area contributed by atoms with Gasteiger partial charge in [0.05, 0.1) is 0 Å². The topological polar surface area (TPSA) is 17.1 Å². The fraction of sp³-hybridized carbons (Fsp3) is 0.885. The third-order valence-corrected chi connectivity index (χ3v) is 7.67. The normalized spacial score (nSPS) is 37.0. The van der Waals surface area contributed by atoms with Crippen LogP contribution in [-0.2, 0) is 4.79 Å². The maximum Gasteiger partial charge on any atom is 0.159 e. The van der Waals surface area contributed by atoms with Crippen molar-refractivity contribution in [1.82, 2.24) is 0 Å². The highest BCUT2D eigenvalue weighted by Gasteiger charge is 2.56. The van der Waals surface area contributed by atoms with E-state index in [0.717, 1.165) is 5.92 Å². The summed E-state index contributed by atoms with van der Waals surface area (Å²) in [6, 6.07) is 0. The molecule has 3 rings (SSSR count). The minimum atomic E-state index is 0.203. The summed E-state index contributed by atoms with van der Waals surface area (Å²) in [6.45, 7) is 22.1. The summed E-state index contributed by atoms with van der Waals surface area (Å²) in [5.74, 6) is 3.29. The summed E-state index contributed by atoms with van der Waals surface area (Å²) in [6.07, 6.45) is 9.81. The molecule has 0 aromatic heterocycles. The van der Waals surface area contributed by atoms with Crippen molar-refractivity contribution in [3.63, 3.8) is 0 Å². The quantitative estimate of drug-likeness (QED) is 0.476. The van der Waals surface area contributed by atoms with E-state index in [1.165, 1.54) is 44.1 Å². The minimum absolute atomic E-state index is 0.203. The van der Waals surface area contributed by atoms with E-state index < -0.39 is 0 Å². The zero-order valence-corrected chi connectivity index (χ0v) is 20.1. The molecule has 0 aromatic carbocycles.